The lowest BCUT2D eigenvalue weighted by Crippen LogP contribution is -2.33. The third-order valence-corrected chi connectivity index (χ3v) is 4.06. The smallest absolute Gasteiger partial charge is 0.137 e. The maximum absolute atomic E-state index is 13.2. The number of carbonyl (C=O) groups excluding carboxylic acids is 1. The van der Waals surface area contributed by atoms with Crippen LogP contribution < -0.4 is 0 Å². The lowest BCUT2D eigenvalue weighted by molar-refractivity contribution is -0.120. The molecule has 0 aromatic heterocycles. The van der Waals surface area contributed by atoms with E-state index in [0.29, 0.717) is 10.9 Å². The summed E-state index contributed by atoms with van der Waals surface area (Å²) < 4.78 is 13.7. The first-order chi connectivity index (χ1) is 7.17. The van der Waals surface area contributed by atoms with Gasteiger partial charge in [0.05, 0.1) is 4.47 Å². The minimum atomic E-state index is -0.257. The van der Waals surface area contributed by atoms with Gasteiger partial charge in [0.25, 0.3) is 0 Å². The van der Waals surface area contributed by atoms with E-state index in [9.17, 15) is 9.18 Å². The fourth-order valence-electron chi connectivity index (χ4n) is 2.03. The molecule has 1 aromatic rings. The third-order valence-electron chi connectivity index (χ3n) is 3.17. The van der Waals surface area contributed by atoms with Gasteiger partial charge >= 0.3 is 0 Å². The van der Waals surface area contributed by atoms with Gasteiger partial charge in [-0.05, 0) is 46.8 Å². The van der Waals surface area contributed by atoms with Gasteiger partial charge in [-0.15, -0.1) is 0 Å². The fraction of sp³-hybridized carbons (Fsp3) is 0.417. The van der Waals surface area contributed by atoms with Crippen molar-refractivity contribution in [3.05, 3.63) is 34.1 Å². The van der Waals surface area contributed by atoms with Crippen LogP contribution in [0.15, 0.2) is 22.7 Å². The first kappa shape index (κ1) is 10.8. The molecule has 1 aromatic carbocycles. The number of hydrogen-bond donors (Lipinski definition) is 0. The quantitative estimate of drug-likeness (QED) is 0.769. The molecule has 0 saturated heterocycles. The van der Waals surface area contributed by atoms with E-state index < -0.39 is 0 Å². The van der Waals surface area contributed by atoms with Gasteiger partial charge in [0.1, 0.15) is 12.1 Å². The van der Waals surface area contributed by atoms with Gasteiger partial charge in [0, 0.05) is 5.41 Å². The molecule has 0 amide bonds. The van der Waals surface area contributed by atoms with Crippen LogP contribution in [-0.2, 0) is 11.2 Å². The van der Waals surface area contributed by atoms with Crippen LogP contribution in [0.2, 0.25) is 0 Å². The Bertz CT molecular complexity index is 385. The van der Waals surface area contributed by atoms with E-state index in [-0.39, 0.29) is 11.2 Å². The number of benzene rings is 1. The number of halogens is 2. The highest BCUT2D eigenvalue weighted by Crippen LogP contribution is 2.42. The van der Waals surface area contributed by atoms with E-state index in [1.807, 2.05) is 6.07 Å². The van der Waals surface area contributed by atoms with Gasteiger partial charge in [-0.25, -0.2) is 4.39 Å². The molecule has 1 aliphatic rings. The van der Waals surface area contributed by atoms with Crippen molar-refractivity contribution in [2.75, 3.05) is 0 Å². The lowest BCUT2D eigenvalue weighted by Gasteiger charge is -2.37. The Morgan fingerprint density at radius 2 is 2.20 bits per heavy atom. The topological polar surface area (TPSA) is 17.1 Å². The van der Waals surface area contributed by atoms with E-state index in [1.165, 1.54) is 6.07 Å². The molecule has 1 fully saturated rings. The zero-order valence-corrected chi connectivity index (χ0v) is 9.89. The predicted octanol–water partition coefficient (Wildman–Crippen LogP) is 3.50. The van der Waals surface area contributed by atoms with Crippen molar-refractivity contribution in [3.63, 3.8) is 0 Å². The van der Waals surface area contributed by atoms with Gasteiger partial charge in [0.2, 0.25) is 0 Å². The van der Waals surface area contributed by atoms with E-state index in [0.717, 1.165) is 31.1 Å². The van der Waals surface area contributed by atoms with Crippen molar-refractivity contribution < 1.29 is 9.18 Å². The van der Waals surface area contributed by atoms with Crippen molar-refractivity contribution in [3.8, 4) is 0 Å². The monoisotopic (exact) mass is 270 g/mol. The Balaban J connectivity index is 2.23. The summed E-state index contributed by atoms with van der Waals surface area (Å²) in [6, 6.07) is 4.98. The van der Waals surface area contributed by atoms with Crippen molar-refractivity contribution in [2.24, 2.45) is 5.41 Å². The normalized spacial score (nSPS) is 18.3. The van der Waals surface area contributed by atoms with Gasteiger partial charge in [-0.3, -0.25) is 0 Å². The van der Waals surface area contributed by atoms with E-state index in [1.54, 1.807) is 6.07 Å². The number of carbonyl (C=O) groups is 1. The Hall–Kier alpha value is -0.700. The molecule has 0 atom stereocenters. The molecule has 0 unspecified atom stereocenters. The highest BCUT2D eigenvalue weighted by molar-refractivity contribution is 9.10. The molecule has 0 aliphatic heterocycles. The Morgan fingerprint density at radius 1 is 1.47 bits per heavy atom. The molecule has 0 heterocycles. The van der Waals surface area contributed by atoms with Crippen LogP contribution in [0.3, 0.4) is 0 Å². The van der Waals surface area contributed by atoms with Gasteiger partial charge < -0.3 is 4.79 Å². The molecule has 1 saturated carbocycles. The van der Waals surface area contributed by atoms with Crippen LogP contribution in [0, 0.1) is 11.2 Å². The molecule has 1 nitrogen and oxygen atoms in total. The van der Waals surface area contributed by atoms with Crippen LogP contribution in [0.4, 0.5) is 4.39 Å². The van der Waals surface area contributed by atoms with Gasteiger partial charge in [-0.1, -0.05) is 18.6 Å². The molecule has 3 heteroatoms. The number of hydrogen-bond acceptors (Lipinski definition) is 1. The largest absolute Gasteiger partial charge is 0.303 e. The fourth-order valence-corrected chi connectivity index (χ4v) is 2.44. The maximum Gasteiger partial charge on any atom is 0.137 e. The zero-order valence-electron chi connectivity index (χ0n) is 8.30. The zero-order chi connectivity index (χ0) is 10.9. The summed E-state index contributed by atoms with van der Waals surface area (Å²) in [5, 5.41) is 0. The Labute approximate surface area is 96.8 Å². The average molecular weight is 271 g/mol. The second kappa shape index (κ2) is 4.05. The van der Waals surface area contributed by atoms with Crippen LogP contribution in [0.25, 0.3) is 0 Å². The van der Waals surface area contributed by atoms with Crippen molar-refractivity contribution in [1.82, 2.24) is 0 Å². The van der Waals surface area contributed by atoms with Gasteiger partial charge in [0.15, 0.2) is 0 Å². The van der Waals surface area contributed by atoms with Crippen molar-refractivity contribution in [1.29, 1.82) is 0 Å². The third kappa shape index (κ3) is 1.98. The highest BCUT2D eigenvalue weighted by Gasteiger charge is 2.37. The Morgan fingerprint density at radius 3 is 2.73 bits per heavy atom. The summed E-state index contributed by atoms with van der Waals surface area (Å²) in [6.07, 6.45) is 4.65. The van der Waals surface area contributed by atoms with Crippen LogP contribution in [0.1, 0.15) is 24.8 Å². The predicted molar refractivity (Wildman–Crippen MR) is 60.2 cm³/mol. The molecule has 1 aliphatic carbocycles. The summed E-state index contributed by atoms with van der Waals surface area (Å²) in [5.41, 5.74) is 0.665. The van der Waals surface area contributed by atoms with Crippen LogP contribution in [-0.4, -0.2) is 6.29 Å². The summed E-state index contributed by atoms with van der Waals surface area (Å²) in [6.45, 7) is 0. The minimum absolute atomic E-state index is 0.226. The molecule has 0 bridgehead atoms. The van der Waals surface area contributed by atoms with Crippen molar-refractivity contribution in [2.45, 2.75) is 25.7 Å². The summed E-state index contributed by atoms with van der Waals surface area (Å²) in [4.78, 5) is 11.0. The standard InChI is InChI=1S/C12H12BrFO/c13-11-9(3-1-4-10(11)14)7-12(8-15)5-2-6-12/h1,3-4,8H,2,5-7H2. The van der Waals surface area contributed by atoms with E-state index in [4.69, 9.17) is 0 Å². The molecular formula is C12H12BrFO. The summed E-state index contributed by atoms with van der Waals surface area (Å²) in [5.74, 6) is -0.257. The molecule has 0 radical (unpaired) electrons. The Kier molecular flexibility index (Phi) is 2.91. The van der Waals surface area contributed by atoms with Gasteiger partial charge in [-0.2, -0.15) is 0 Å². The summed E-state index contributed by atoms with van der Waals surface area (Å²) in [7, 11) is 0. The first-order valence-corrected chi connectivity index (χ1v) is 5.85. The SMILES string of the molecule is O=CC1(Cc2cccc(F)c2Br)CCC1. The molecule has 15 heavy (non-hydrogen) atoms. The molecule has 80 valence electrons. The first-order valence-electron chi connectivity index (χ1n) is 5.06. The average Bonchev–Trinajstić information content (AvgIpc) is 2.18. The number of aldehydes is 1. The second-order valence-corrected chi connectivity index (χ2v) is 5.02. The molecule has 0 N–H and O–H groups in total. The second-order valence-electron chi connectivity index (χ2n) is 4.22. The van der Waals surface area contributed by atoms with E-state index >= 15 is 0 Å². The van der Waals surface area contributed by atoms with Crippen LogP contribution in [0.5, 0.6) is 0 Å². The lowest BCUT2D eigenvalue weighted by atomic mass is 9.66. The molecule has 2 rings (SSSR count). The van der Waals surface area contributed by atoms with Crippen LogP contribution >= 0.6 is 15.9 Å². The summed E-state index contributed by atoms with van der Waals surface area (Å²) >= 11 is 3.22. The maximum atomic E-state index is 13.2. The molecular weight excluding hydrogens is 259 g/mol. The number of rotatable bonds is 3. The molecule has 0 spiro atoms. The van der Waals surface area contributed by atoms with E-state index in [2.05, 4.69) is 15.9 Å². The van der Waals surface area contributed by atoms with Crippen molar-refractivity contribution >= 4 is 22.2 Å². The highest BCUT2D eigenvalue weighted by atomic mass is 79.9. The minimum Gasteiger partial charge on any atom is -0.303 e.